The zero-order valence-corrected chi connectivity index (χ0v) is 13.4. The molecule has 3 aromatic carbocycles. The summed E-state index contributed by atoms with van der Waals surface area (Å²) in [5, 5.41) is 12.5. The maximum Gasteiger partial charge on any atom is 0.0501 e. The van der Waals surface area contributed by atoms with Gasteiger partial charge in [-0.1, -0.05) is 62.4 Å². The molecule has 0 aliphatic carbocycles. The summed E-state index contributed by atoms with van der Waals surface area (Å²) in [5.74, 6) is 0. The molecular formula is C20H24N2. The van der Waals surface area contributed by atoms with Gasteiger partial charge in [-0.25, -0.2) is 0 Å². The fourth-order valence-corrected chi connectivity index (χ4v) is 3.01. The molecule has 0 aliphatic rings. The predicted molar refractivity (Wildman–Crippen MR) is 99.0 cm³/mol. The first kappa shape index (κ1) is 14.7. The molecule has 3 rings (SSSR count). The first-order valence-corrected chi connectivity index (χ1v) is 8.28. The van der Waals surface area contributed by atoms with Crippen LogP contribution in [0, 0.1) is 0 Å². The van der Waals surface area contributed by atoms with Crippen LogP contribution < -0.4 is 10.6 Å². The number of hydrogen-bond donors (Lipinski definition) is 2. The van der Waals surface area contributed by atoms with E-state index in [-0.39, 0.29) is 0 Å². The van der Waals surface area contributed by atoms with Crippen molar-refractivity contribution in [3.05, 3.63) is 48.5 Å². The Balaban J connectivity index is 2.32. The fraction of sp³-hybridized carbons (Fsp3) is 0.300. The van der Waals surface area contributed by atoms with E-state index in [1.165, 1.54) is 32.9 Å². The minimum atomic E-state index is 0.996. The van der Waals surface area contributed by atoms with Gasteiger partial charge in [-0.2, -0.15) is 0 Å². The summed E-state index contributed by atoms with van der Waals surface area (Å²) in [6.45, 7) is 6.40. The van der Waals surface area contributed by atoms with E-state index in [2.05, 4.69) is 73.0 Å². The normalized spacial score (nSPS) is 11.0. The molecule has 114 valence electrons. The van der Waals surface area contributed by atoms with E-state index >= 15 is 0 Å². The van der Waals surface area contributed by atoms with Crippen molar-refractivity contribution in [2.45, 2.75) is 26.7 Å². The second-order valence-electron chi connectivity index (χ2n) is 5.69. The average molecular weight is 292 g/mol. The Hall–Kier alpha value is -2.22. The summed E-state index contributed by atoms with van der Waals surface area (Å²) in [6, 6.07) is 17.4. The standard InChI is InChI=1S/C20H24N2/c1-3-13-21-19-15-9-5-7-11-17(15)20(22-14-4-2)18-12-8-6-10-16(18)19/h5-12,21-22H,3-4,13-14H2,1-2H3. The first-order valence-electron chi connectivity index (χ1n) is 8.28. The Morgan fingerprint density at radius 2 is 0.909 bits per heavy atom. The summed E-state index contributed by atoms with van der Waals surface area (Å²) >= 11 is 0. The summed E-state index contributed by atoms with van der Waals surface area (Å²) in [6.07, 6.45) is 2.25. The van der Waals surface area contributed by atoms with E-state index in [1.54, 1.807) is 0 Å². The summed E-state index contributed by atoms with van der Waals surface area (Å²) in [7, 11) is 0. The van der Waals surface area contributed by atoms with Gasteiger partial charge in [0.05, 0.1) is 11.4 Å². The molecule has 22 heavy (non-hydrogen) atoms. The molecule has 0 unspecified atom stereocenters. The molecule has 0 bridgehead atoms. The predicted octanol–water partition coefficient (Wildman–Crippen LogP) is 5.64. The first-order chi connectivity index (χ1) is 10.9. The lowest BCUT2D eigenvalue weighted by Crippen LogP contribution is -2.05. The number of hydrogen-bond acceptors (Lipinski definition) is 2. The van der Waals surface area contributed by atoms with Gasteiger partial charge in [0.1, 0.15) is 0 Å². The molecule has 3 aromatic rings. The molecule has 2 nitrogen and oxygen atoms in total. The quantitative estimate of drug-likeness (QED) is 0.454. The Morgan fingerprint density at radius 1 is 0.591 bits per heavy atom. The Bertz CT molecular complexity index is 654. The maximum atomic E-state index is 3.64. The lowest BCUT2D eigenvalue weighted by molar-refractivity contribution is 0.981. The third-order valence-corrected chi connectivity index (χ3v) is 4.04. The van der Waals surface area contributed by atoms with Crippen molar-refractivity contribution in [3.8, 4) is 0 Å². The molecule has 0 saturated carbocycles. The number of benzene rings is 3. The highest BCUT2D eigenvalue weighted by molar-refractivity contribution is 6.19. The second-order valence-corrected chi connectivity index (χ2v) is 5.69. The second kappa shape index (κ2) is 6.69. The van der Waals surface area contributed by atoms with E-state index < -0.39 is 0 Å². The van der Waals surface area contributed by atoms with Crippen molar-refractivity contribution in [1.29, 1.82) is 0 Å². The Morgan fingerprint density at radius 3 is 1.18 bits per heavy atom. The third kappa shape index (κ3) is 2.61. The average Bonchev–Trinajstić information content (AvgIpc) is 2.58. The summed E-state index contributed by atoms with van der Waals surface area (Å²) < 4.78 is 0. The molecule has 0 fully saturated rings. The van der Waals surface area contributed by atoms with Crippen molar-refractivity contribution in [1.82, 2.24) is 0 Å². The van der Waals surface area contributed by atoms with Gasteiger partial charge in [0.15, 0.2) is 0 Å². The van der Waals surface area contributed by atoms with Gasteiger partial charge in [-0.05, 0) is 12.8 Å². The van der Waals surface area contributed by atoms with E-state index in [9.17, 15) is 0 Å². The topological polar surface area (TPSA) is 24.1 Å². The highest BCUT2D eigenvalue weighted by Gasteiger charge is 2.12. The molecule has 0 spiro atoms. The van der Waals surface area contributed by atoms with Crippen LogP contribution in [0.4, 0.5) is 11.4 Å². The van der Waals surface area contributed by atoms with Crippen molar-refractivity contribution in [3.63, 3.8) is 0 Å². The molecule has 0 aromatic heterocycles. The van der Waals surface area contributed by atoms with E-state index in [4.69, 9.17) is 0 Å². The van der Waals surface area contributed by atoms with Crippen LogP contribution in [0.3, 0.4) is 0 Å². The largest absolute Gasteiger partial charge is 0.384 e. The van der Waals surface area contributed by atoms with Crippen molar-refractivity contribution in [2.24, 2.45) is 0 Å². The van der Waals surface area contributed by atoms with Crippen molar-refractivity contribution >= 4 is 32.9 Å². The van der Waals surface area contributed by atoms with Gasteiger partial charge in [-0.3, -0.25) is 0 Å². The molecular weight excluding hydrogens is 268 g/mol. The van der Waals surface area contributed by atoms with Gasteiger partial charge in [0, 0.05) is 34.6 Å². The molecule has 0 amide bonds. The molecule has 0 atom stereocenters. The number of nitrogens with one attached hydrogen (secondary N) is 2. The van der Waals surface area contributed by atoms with Gasteiger partial charge in [0.25, 0.3) is 0 Å². The zero-order valence-electron chi connectivity index (χ0n) is 13.4. The summed E-state index contributed by atoms with van der Waals surface area (Å²) in [5.41, 5.74) is 2.52. The molecule has 0 aliphatic heterocycles. The van der Waals surface area contributed by atoms with E-state index in [0.29, 0.717) is 0 Å². The Labute approximate surface area is 132 Å². The van der Waals surface area contributed by atoms with Crippen LogP contribution >= 0.6 is 0 Å². The SMILES string of the molecule is CCCNc1c2ccccc2c(NCCC)c2ccccc12. The van der Waals surface area contributed by atoms with Gasteiger partial charge in [-0.15, -0.1) is 0 Å². The molecule has 0 saturated heterocycles. The van der Waals surface area contributed by atoms with Crippen LogP contribution in [-0.2, 0) is 0 Å². The van der Waals surface area contributed by atoms with Crippen LogP contribution in [-0.4, -0.2) is 13.1 Å². The van der Waals surface area contributed by atoms with Crippen LogP contribution in [0.25, 0.3) is 21.5 Å². The van der Waals surface area contributed by atoms with E-state index in [0.717, 1.165) is 25.9 Å². The minimum absolute atomic E-state index is 0.996. The van der Waals surface area contributed by atoms with Gasteiger partial charge in [0.2, 0.25) is 0 Å². The third-order valence-electron chi connectivity index (χ3n) is 4.04. The maximum absolute atomic E-state index is 3.64. The number of anilines is 2. The number of fused-ring (bicyclic) bond motifs is 2. The zero-order chi connectivity index (χ0) is 15.4. The Kier molecular flexibility index (Phi) is 4.47. The van der Waals surface area contributed by atoms with E-state index in [1.807, 2.05) is 0 Å². The highest BCUT2D eigenvalue weighted by atomic mass is 14.9. The van der Waals surface area contributed by atoms with Crippen molar-refractivity contribution < 1.29 is 0 Å². The highest BCUT2D eigenvalue weighted by Crippen LogP contribution is 2.39. The lowest BCUT2D eigenvalue weighted by Gasteiger charge is -2.18. The monoisotopic (exact) mass is 292 g/mol. The summed E-state index contributed by atoms with van der Waals surface area (Å²) in [4.78, 5) is 0. The van der Waals surface area contributed by atoms with Crippen LogP contribution in [0.15, 0.2) is 48.5 Å². The van der Waals surface area contributed by atoms with Crippen LogP contribution in [0.2, 0.25) is 0 Å². The minimum Gasteiger partial charge on any atom is -0.384 e. The molecule has 0 radical (unpaired) electrons. The fourth-order valence-electron chi connectivity index (χ4n) is 3.01. The lowest BCUT2D eigenvalue weighted by atomic mass is 9.98. The van der Waals surface area contributed by atoms with Crippen LogP contribution in [0.5, 0.6) is 0 Å². The van der Waals surface area contributed by atoms with Crippen molar-refractivity contribution in [2.75, 3.05) is 23.7 Å². The smallest absolute Gasteiger partial charge is 0.0501 e. The molecule has 2 N–H and O–H groups in total. The van der Waals surface area contributed by atoms with Gasteiger partial charge < -0.3 is 10.6 Å². The van der Waals surface area contributed by atoms with Gasteiger partial charge >= 0.3 is 0 Å². The molecule has 0 heterocycles. The number of rotatable bonds is 6. The van der Waals surface area contributed by atoms with Crippen LogP contribution in [0.1, 0.15) is 26.7 Å². The molecule has 2 heteroatoms.